The standard InChI is InChI=1S/CH2O3.2Cu.2H2O/c2-1(3)4;;;;/h(H2,2,3,4);;;2*1H2/p-4. The number of carbonyl (C=O) groups is 1. The van der Waals surface area contributed by atoms with E-state index in [0.29, 0.717) is 0 Å². The Labute approximate surface area is 66.6 Å². The molecule has 0 unspecified atom stereocenters. The Hall–Kier alpha value is 0.229. The van der Waals surface area contributed by atoms with Gasteiger partial charge in [0.2, 0.25) is 0 Å². The topological polar surface area (TPSA) is 123 Å². The van der Waals surface area contributed by atoms with Gasteiger partial charge < -0.3 is 26.0 Å². The van der Waals surface area contributed by atoms with E-state index in [9.17, 15) is 0 Å². The third-order valence-electron chi connectivity index (χ3n) is 0. The molecule has 0 aromatic heterocycles. The van der Waals surface area contributed by atoms with Crippen LogP contribution in [0.3, 0.4) is 0 Å². The molecular formula is CH2Cu2O5-4. The first-order valence-electron chi connectivity index (χ1n) is 0.612. The summed E-state index contributed by atoms with van der Waals surface area (Å²) in [4.78, 5) is 8.33. The molecule has 0 aliphatic rings. The van der Waals surface area contributed by atoms with Crippen LogP contribution in [0.4, 0.5) is 4.79 Å². The van der Waals surface area contributed by atoms with Gasteiger partial charge in [0, 0.05) is 34.1 Å². The van der Waals surface area contributed by atoms with E-state index in [1.807, 2.05) is 0 Å². The molecule has 5 nitrogen and oxygen atoms in total. The molecule has 2 N–H and O–H groups in total. The molecule has 0 rings (SSSR count). The summed E-state index contributed by atoms with van der Waals surface area (Å²) in [6.07, 6.45) is -2.33. The SMILES string of the molecule is O=C([O-])[O-].[Cu].[Cu].[OH-].[OH-]. The second-order valence-electron chi connectivity index (χ2n) is 0.250. The van der Waals surface area contributed by atoms with E-state index in [1.54, 1.807) is 0 Å². The Balaban J connectivity index is -0.00000000750. The molecule has 62 valence electrons. The van der Waals surface area contributed by atoms with E-state index in [2.05, 4.69) is 0 Å². The van der Waals surface area contributed by atoms with Gasteiger partial charge in [-0.3, -0.25) is 0 Å². The Morgan fingerprint density at radius 2 is 1.00 bits per heavy atom. The van der Waals surface area contributed by atoms with Crippen LogP contribution in [0.5, 0.6) is 0 Å². The van der Waals surface area contributed by atoms with Gasteiger partial charge in [-0.25, -0.2) is 0 Å². The summed E-state index contributed by atoms with van der Waals surface area (Å²) in [5.74, 6) is 0. The Kier molecular flexibility index (Phi) is 139. The van der Waals surface area contributed by atoms with Crippen LogP contribution in [0.15, 0.2) is 0 Å². The third-order valence-corrected chi connectivity index (χ3v) is 0. The maximum atomic E-state index is 8.33. The molecule has 0 aliphatic carbocycles. The summed E-state index contributed by atoms with van der Waals surface area (Å²) >= 11 is 0. The summed E-state index contributed by atoms with van der Waals surface area (Å²) in [5.41, 5.74) is 0. The van der Waals surface area contributed by atoms with Crippen LogP contribution in [0.1, 0.15) is 0 Å². The Bertz CT molecular complexity index is 33.4. The minimum absolute atomic E-state index is 0. The predicted molar refractivity (Wildman–Crippen MR) is 9.27 cm³/mol. The van der Waals surface area contributed by atoms with Gasteiger partial charge in [0.1, 0.15) is 0 Å². The van der Waals surface area contributed by atoms with Crippen molar-refractivity contribution in [1.82, 2.24) is 0 Å². The van der Waals surface area contributed by atoms with Gasteiger partial charge in [-0.1, -0.05) is 0 Å². The maximum Gasteiger partial charge on any atom is 0 e. The molecule has 0 fully saturated rings. The second kappa shape index (κ2) is 26.9. The number of rotatable bonds is 0. The molecule has 0 heterocycles. The largest absolute Gasteiger partial charge is 0.870 e. The van der Waals surface area contributed by atoms with Crippen LogP contribution < -0.4 is 10.2 Å². The van der Waals surface area contributed by atoms with E-state index in [4.69, 9.17) is 15.0 Å². The number of carbonyl (C=O) groups excluding carboxylic acids is 1. The zero-order chi connectivity index (χ0) is 3.58. The zero-order valence-corrected chi connectivity index (χ0v) is 5.11. The van der Waals surface area contributed by atoms with Gasteiger partial charge >= 0.3 is 0 Å². The van der Waals surface area contributed by atoms with Crippen LogP contribution in [-0.2, 0) is 34.1 Å². The normalized spacial score (nSPS) is 3.00. The Morgan fingerprint density at radius 3 is 1.00 bits per heavy atom. The van der Waals surface area contributed by atoms with Crippen LogP contribution in [0.25, 0.3) is 0 Å². The van der Waals surface area contributed by atoms with Crippen LogP contribution in [0, 0.1) is 0 Å². The molecule has 0 amide bonds. The monoisotopic (exact) mass is 220 g/mol. The van der Waals surface area contributed by atoms with Crippen molar-refractivity contribution in [3.63, 3.8) is 0 Å². The summed E-state index contributed by atoms with van der Waals surface area (Å²) in [7, 11) is 0. The van der Waals surface area contributed by atoms with E-state index >= 15 is 0 Å². The number of hydrogen-bond acceptors (Lipinski definition) is 5. The van der Waals surface area contributed by atoms with Gasteiger partial charge in [0.25, 0.3) is 0 Å². The fourth-order valence-electron chi connectivity index (χ4n) is 0. The molecule has 8 heavy (non-hydrogen) atoms. The molecule has 0 spiro atoms. The number of carboxylic acid groups (broad SMARTS) is 2. The minimum atomic E-state index is -2.33. The average molecular weight is 221 g/mol. The van der Waals surface area contributed by atoms with Gasteiger partial charge in [0.05, 0.1) is 0 Å². The van der Waals surface area contributed by atoms with Crippen molar-refractivity contribution in [3.8, 4) is 0 Å². The molecule has 0 bridgehead atoms. The Morgan fingerprint density at radius 1 is 1.00 bits per heavy atom. The molecule has 0 saturated heterocycles. The molecule has 0 aromatic rings. The molecule has 0 aromatic carbocycles. The first kappa shape index (κ1) is 41.2. The summed E-state index contributed by atoms with van der Waals surface area (Å²) < 4.78 is 0. The second-order valence-corrected chi connectivity index (χ2v) is 0.250. The van der Waals surface area contributed by atoms with E-state index < -0.39 is 6.16 Å². The van der Waals surface area contributed by atoms with Crippen molar-refractivity contribution in [2.75, 3.05) is 0 Å². The van der Waals surface area contributed by atoms with Crippen molar-refractivity contribution in [3.05, 3.63) is 0 Å². The molecule has 0 saturated carbocycles. The molecule has 7 heteroatoms. The third kappa shape index (κ3) is 3250. The first-order valence-corrected chi connectivity index (χ1v) is 0.612. The van der Waals surface area contributed by atoms with Crippen LogP contribution in [0.2, 0.25) is 0 Å². The molecule has 0 atom stereocenters. The van der Waals surface area contributed by atoms with Gasteiger partial charge in [-0.2, -0.15) is 0 Å². The van der Waals surface area contributed by atoms with Crippen molar-refractivity contribution in [1.29, 1.82) is 0 Å². The minimum Gasteiger partial charge on any atom is -0.870 e. The van der Waals surface area contributed by atoms with Crippen molar-refractivity contribution in [2.45, 2.75) is 0 Å². The van der Waals surface area contributed by atoms with E-state index in [1.165, 1.54) is 0 Å². The maximum absolute atomic E-state index is 8.33. The van der Waals surface area contributed by atoms with Crippen LogP contribution in [-0.4, -0.2) is 17.1 Å². The first-order chi connectivity index (χ1) is 1.73. The molecule has 2 radical (unpaired) electrons. The van der Waals surface area contributed by atoms with E-state index in [-0.39, 0.29) is 45.1 Å². The number of hydrogen-bond donors (Lipinski definition) is 0. The van der Waals surface area contributed by atoms with Gasteiger partial charge in [-0.15, -0.1) is 0 Å². The van der Waals surface area contributed by atoms with Crippen molar-refractivity contribution >= 4 is 6.16 Å². The smallest absolute Gasteiger partial charge is 0 e. The summed E-state index contributed by atoms with van der Waals surface area (Å²) in [5, 5.41) is 16.7. The fraction of sp³-hybridized carbons (Fsp3) is 0. The molecular weight excluding hydrogens is 219 g/mol. The quantitative estimate of drug-likeness (QED) is 0.408. The van der Waals surface area contributed by atoms with Crippen molar-refractivity contribution in [2.24, 2.45) is 0 Å². The summed E-state index contributed by atoms with van der Waals surface area (Å²) in [6.45, 7) is 0. The van der Waals surface area contributed by atoms with E-state index in [0.717, 1.165) is 0 Å². The molecule has 0 aliphatic heterocycles. The fourth-order valence-corrected chi connectivity index (χ4v) is 0. The average Bonchev–Trinajstić information content (AvgIpc) is 0.811. The van der Waals surface area contributed by atoms with Gasteiger partial charge in [-0.05, 0) is 6.16 Å². The zero-order valence-electron chi connectivity index (χ0n) is 3.22. The van der Waals surface area contributed by atoms with Gasteiger partial charge in [0.15, 0.2) is 0 Å². The van der Waals surface area contributed by atoms with Crippen molar-refractivity contribution < 1.29 is 60.1 Å². The van der Waals surface area contributed by atoms with Crippen LogP contribution >= 0.6 is 0 Å². The summed E-state index contributed by atoms with van der Waals surface area (Å²) in [6, 6.07) is 0. The predicted octanol–water partition coefficient (Wildman–Crippen LogP) is -2.81.